The van der Waals surface area contributed by atoms with E-state index in [-0.39, 0.29) is 0 Å². The summed E-state index contributed by atoms with van der Waals surface area (Å²) in [7, 11) is 1.87. The van der Waals surface area contributed by atoms with Gasteiger partial charge in [-0.1, -0.05) is 23.5 Å². The average molecular weight is 309 g/mol. The number of hydrogen-bond donors (Lipinski definition) is 0. The van der Waals surface area contributed by atoms with Gasteiger partial charge in [-0.25, -0.2) is 0 Å². The van der Waals surface area contributed by atoms with Crippen molar-refractivity contribution in [2.75, 3.05) is 0 Å². The molecule has 4 aromatic rings. The molecule has 0 amide bonds. The lowest BCUT2D eigenvalue weighted by Gasteiger charge is -1.90. The van der Waals surface area contributed by atoms with Crippen LogP contribution in [0, 0.1) is 0 Å². The highest BCUT2D eigenvalue weighted by Crippen LogP contribution is 2.22. The van der Waals surface area contributed by atoms with Gasteiger partial charge in [0, 0.05) is 25.6 Å². The third-order valence-corrected chi connectivity index (χ3v) is 3.94. The van der Waals surface area contributed by atoms with Crippen LogP contribution in [-0.2, 0) is 7.05 Å². The van der Waals surface area contributed by atoms with E-state index in [0.29, 0.717) is 5.82 Å². The zero-order valence-electron chi connectivity index (χ0n) is 11.7. The quantitative estimate of drug-likeness (QED) is 0.580. The van der Waals surface area contributed by atoms with Gasteiger partial charge in [-0.05, 0) is 17.7 Å². The summed E-state index contributed by atoms with van der Waals surface area (Å²) >= 11 is 1.48. The molecule has 22 heavy (non-hydrogen) atoms. The highest BCUT2D eigenvalue weighted by atomic mass is 32.1. The molecule has 0 aliphatic rings. The molecule has 0 fully saturated rings. The van der Waals surface area contributed by atoms with Crippen LogP contribution in [0.3, 0.4) is 0 Å². The lowest BCUT2D eigenvalue weighted by atomic mass is 10.3. The molecule has 0 aliphatic carbocycles. The molecule has 4 aromatic heterocycles. The monoisotopic (exact) mass is 309 g/mol. The van der Waals surface area contributed by atoms with Crippen LogP contribution in [-0.4, -0.2) is 34.6 Å². The van der Waals surface area contributed by atoms with Crippen LogP contribution >= 0.6 is 11.3 Å². The Labute approximate surface area is 129 Å². The number of pyridine rings is 1. The van der Waals surface area contributed by atoms with Crippen molar-refractivity contribution in [3.8, 4) is 11.4 Å². The van der Waals surface area contributed by atoms with Crippen molar-refractivity contribution in [3.63, 3.8) is 0 Å². The van der Waals surface area contributed by atoms with Crippen LogP contribution in [0.5, 0.6) is 0 Å². The first kappa shape index (κ1) is 12.8. The normalized spacial score (nSPS) is 11.7. The molecule has 0 saturated carbocycles. The molecule has 8 heteroatoms. The second-order valence-electron chi connectivity index (χ2n) is 4.68. The summed E-state index contributed by atoms with van der Waals surface area (Å²) < 4.78 is 3.47. The van der Waals surface area contributed by atoms with Gasteiger partial charge in [0.25, 0.3) is 0 Å². The summed E-state index contributed by atoms with van der Waals surface area (Å²) in [6, 6.07) is 3.89. The van der Waals surface area contributed by atoms with Gasteiger partial charge in [0.1, 0.15) is 5.01 Å². The van der Waals surface area contributed by atoms with Gasteiger partial charge >= 0.3 is 0 Å². The van der Waals surface area contributed by atoms with Crippen LogP contribution in [0.2, 0.25) is 0 Å². The van der Waals surface area contributed by atoms with Crippen LogP contribution in [0.15, 0.2) is 36.9 Å². The molecule has 0 N–H and O–H groups in total. The maximum atomic E-state index is 4.54. The molecule has 7 nitrogen and oxygen atoms in total. The first-order chi connectivity index (χ1) is 10.8. The van der Waals surface area contributed by atoms with E-state index in [4.69, 9.17) is 0 Å². The summed E-state index contributed by atoms with van der Waals surface area (Å²) in [4.78, 5) is 4.84. The van der Waals surface area contributed by atoms with Gasteiger partial charge in [0.15, 0.2) is 5.82 Å². The number of aromatic nitrogens is 7. The Hall–Kier alpha value is -2.87. The van der Waals surface area contributed by atoms with Gasteiger partial charge in [-0.3, -0.25) is 9.67 Å². The van der Waals surface area contributed by atoms with E-state index in [1.807, 2.05) is 37.5 Å². The molecular weight excluding hydrogens is 298 g/mol. The van der Waals surface area contributed by atoms with Crippen molar-refractivity contribution >= 4 is 28.4 Å². The summed E-state index contributed by atoms with van der Waals surface area (Å²) in [6.07, 6.45) is 11.1. The van der Waals surface area contributed by atoms with Crippen molar-refractivity contribution in [1.29, 1.82) is 0 Å². The molecular formula is C14H11N7S. The van der Waals surface area contributed by atoms with Gasteiger partial charge in [0.05, 0.1) is 11.8 Å². The van der Waals surface area contributed by atoms with E-state index in [1.165, 1.54) is 11.3 Å². The summed E-state index contributed by atoms with van der Waals surface area (Å²) in [5.41, 5.74) is 1.92. The molecule has 0 saturated heterocycles. The zero-order valence-corrected chi connectivity index (χ0v) is 12.5. The van der Waals surface area contributed by atoms with E-state index >= 15 is 0 Å². The predicted molar refractivity (Wildman–Crippen MR) is 84.0 cm³/mol. The Morgan fingerprint density at radius 2 is 2.14 bits per heavy atom. The molecule has 4 rings (SSSR count). The Morgan fingerprint density at radius 3 is 2.91 bits per heavy atom. The molecule has 0 spiro atoms. The number of hydrogen-bond acceptors (Lipinski definition) is 6. The van der Waals surface area contributed by atoms with Gasteiger partial charge < -0.3 is 0 Å². The molecule has 0 bridgehead atoms. The van der Waals surface area contributed by atoms with Crippen LogP contribution < -0.4 is 0 Å². The van der Waals surface area contributed by atoms with E-state index in [1.54, 1.807) is 27.8 Å². The molecule has 0 unspecified atom stereocenters. The fourth-order valence-electron chi connectivity index (χ4n) is 2.06. The highest BCUT2D eigenvalue weighted by Gasteiger charge is 2.13. The van der Waals surface area contributed by atoms with E-state index < -0.39 is 0 Å². The Kier molecular flexibility index (Phi) is 3.01. The number of fused-ring (bicyclic) bond motifs is 1. The second-order valence-corrected chi connectivity index (χ2v) is 5.67. The minimum absolute atomic E-state index is 0.695. The van der Waals surface area contributed by atoms with Crippen LogP contribution in [0.25, 0.3) is 28.5 Å². The maximum absolute atomic E-state index is 4.54. The van der Waals surface area contributed by atoms with Crippen molar-refractivity contribution in [2.24, 2.45) is 7.05 Å². The second kappa shape index (κ2) is 5.15. The number of rotatable bonds is 3. The number of nitrogens with zero attached hydrogens (tertiary/aromatic N) is 7. The zero-order chi connectivity index (χ0) is 14.9. The fourth-order valence-corrected chi connectivity index (χ4v) is 2.80. The van der Waals surface area contributed by atoms with Crippen molar-refractivity contribution in [3.05, 3.63) is 47.5 Å². The van der Waals surface area contributed by atoms with Gasteiger partial charge in [-0.2, -0.15) is 14.7 Å². The topological polar surface area (TPSA) is 73.8 Å². The molecule has 0 aliphatic heterocycles. The summed E-state index contributed by atoms with van der Waals surface area (Å²) in [6.45, 7) is 0. The maximum Gasteiger partial charge on any atom is 0.235 e. The lowest BCUT2D eigenvalue weighted by Crippen LogP contribution is -1.89. The fraction of sp³-hybridized carbons (Fsp3) is 0.0714. The first-order valence-corrected chi connectivity index (χ1v) is 7.40. The van der Waals surface area contributed by atoms with E-state index in [9.17, 15) is 0 Å². The molecule has 0 radical (unpaired) electrons. The molecule has 4 heterocycles. The van der Waals surface area contributed by atoms with E-state index in [0.717, 1.165) is 21.1 Å². The minimum Gasteiger partial charge on any atom is -0.275 e. The smallest absolute Gasteiger partial charge is 0.235 e. The first-order valence-electron chi connectivity index (χ1n) is 6.59. The SMILES string of the molecule is Cn1cc(-c2nnc3sc(/C=C/c4cccnc4)nn23)cn1. The van der Waals surface area contributed by atoms with Crippen LogP contribution in [0.4, 0.5) is 0 Å². The van der Waals surface area contributed by atoms with Gasteiger partial charge in [-0.15, -0.1) is 10.2 Å². The average Bonchev–Trinajstić information content (AvgIpc) is 3.21. The van der Waals surface area contributed by atoms with Crippen LogP contribution in [0.1, 0.15) is 10.6 Å². The Bertz CT molecular complexity index is 948. The molecule has 0 aromatic carbocycles. The minimum atomic E-state index is 0.695. The molecule has 0 atom stereocenters. The largest absolute Gasteiger partial charge is 0.275 e. The molecule has 108 valence electrons. The predicted octanol–water partition coefficient (Wildman–Crippen LogP) is 2.15. The van der Waals surface area contributed by atoms with Crippen molar-refractivity contribution in [1.82, 2.24) is 34.6 Å². The Morgan fingerprint density at radius 1 is 1.18 bits per heavy atom. The standard InChI is InChI=1S/C14H11N7S/c1-20-9-11(8-16-20)13-17-18-14-21(13)19-12(22-14)5-4-10-3-2-6-15-7-10/h2-9H,1H3/b5-4+. The highest BCUT2D eigenvalue weighted by molar-refractivity contribution is 7.17. The summed E-state index contributed by atoms with van der Waals surface area (Å²) in [5.74, 6) is 0.695. The van der Waals surface area contributed by atoms with E-state index in [2.05, 4.69) is 25.4 Å². The van der Waals surface area contributed by atoms with Gasteiger partial charge in [0.2, 0.25) is 4.96 Å². The van der Waals surface area contributed by atoms with Crippen molar-refractivity contribution in [2.45, 2.75) is 0 Å². The Balaban J connectivity index is 1.70. The summed E-state index contributed by atoms with van der Waals surface area (Å²) in [5, 5.41) is 17.9. The lowest BCUT2D eigenvalue weighted by molar-refractivity contribution is 0.768. The third-order valence-electron chi connectivity index (χ3n) is 3.07. The van der Waals surface area contributed by atoms with Crippen molar-refractivity contribution < 1.29 is 0 Å². The number of aryl methyl sites for hydroxylation is 1. The third kappa shape index (κ3) is 2.29.